The van der Waals surface area contributed by atoms with Gasteiger partial charge in [-0.2, -0.15) is 0 Å². The standard InChI is InChI=1S/C15H28N2O2/c1-12(2)15(18)17-8-4-13(5-9-17)16-10-6-14(19-3)7-11-16/h12-14H,4-11H2,1-3H3. The van der Waals surface area contributed by atoms with Crippen LogP contribution in [0.5, 0.6) is 0 Å². The summed E-state index contributed by atoms with van der Waals surface area (Å²) in [7, 11) is 1.82. The molecular weight excluding hydrogens is 240 g/mol. The predicted octanol–water partition coefficient (Wildman–Crippen LogP) is 1.74. The molecular formula is C15H28N2O2. The van der Waals surface area contributed by atoms with Gasteiger partial charge in [0.25, 0.3) is 0 Å². The maximum atomic E-state index is 12.0. The van der Waals surface area contributed by atoms with Gasteiger partial charge in [0.05, 0.1) is 6.10 Å². The summed E-state index contributed by atoms with van der Waals surface area (Å²) >= 11 is 0. The molecule has 110 valence electrons. The van der Waals surface area contributed by atoms with Gasteiger partial charge in [0.15, 0.2) is 0 Å². The molecule has 0 aromatic rings. The van der Waals surface area contributed by atoms with E-state index in [9.17, 15) is 4.79 Å². The molecule has 0 aromatic carbocycles. The Bertz CT molecular complexity index is 291. The van der Waals surface area contributed by atoms with Crippen molar-refractivity contribution in [1.29, 1.82) is 0 Å². The second kappa shape index (κ2) is 6.71. The van der Waals surface area contributed by atoms with Gasteiger partial charge in [-0.15, -0.1) is 0 Å². The average Bonchev–Trinajstić information content (AvgIpc) is 2.46. The Morgan fingerprint density at radius 3 is 2.11 bits per heavy atom. The van der Waals surface area contributed by atoms with Crippen molar-refractivity contribution in [2.75, 3.05) is 33.3 Å². The van der Waals surface area contributed by atoms with Crippen molar-refractivity contribution in [2.45, 2.75) is 51.7 Å². The van der Waals surface area contributed by atoms with Crippen LogP contribution in [0.2, 0.25) is 0 Å². The van der Waals surface area contributed by atoms with Crippen LogP contribution in [0.4, 0.5) is 0 Å². The molecule has 0 aliphatic carbocycles. The van der Waals surface area contributed by atoms with Gasteiger partial charge in [-0.25, -0.2) is 0 Å². The fraction of sp³-hybridized carbons (Fsp3) is 0.933. The Labute approximate surface area is 117 Å². The van der Waals surface area contributed by atoms with E-state index in [-0.39, 0.29) is 5.92 Å². The third-order valence-corrected chi connectivity index (χ3v) is 4.60. The zero-order valence-corrected chi connectivity index (χ0v) is 12.6. The minimum Gasteiger partial charge on any atom is -0.381 e. The van der Waals surface area contributed by atoms with E-state index in [1.165, 1.54) is 0 Å². The van der Waals surface area contributed by atoms with E-state index in [0.29, 0.717) is 18.1 Å². The molecule has 2 saturated heterocycles. The predicted molar refractivity (Wildman–Crippen MR) is 76.0 cm³/mol. The number of nitrogens with zero attached hydrogens (tertiary/aromatic N) is 2. The van der Waals surface area contributed by atoms with Gasteiger partial charge in [0, 0.05) is 45.2 Å². The van der Waals surface area contributed by atoms with Gasteiger partial charge in [-0.05, 0) is 25.7 Å². The van der Waals surface area contributed by atoms with E-state index in [4.69, 9.17) is 4.74 Å². The molecule has 2 aliphatic rings. The van der Waals surface area contributed by atoms with E-state index in [2.05, 4.69) is 4.90 Å². The summed E-state index contributed by atoms with van der Waals surface area (Å²) in [5, 5.41) is 0. The molecule has 19 heavy (non-hydrogen) atoms. The maximum Gasteiger partial charge on any atom is 0.225 e. The van der Waals surface area contributed by atoms with Crippen LogP contribution in [-0.2, 0) is 9.53 Å². The van der Waals surface area contributed by atoms with Crippen molar-refractivity contribution in [2.24, 2.45) is 5.92 Å². The zero-order valence-electron chi connectivity index (χ0n) is 12.6. The lowest BCUT2D eigenvalue weighted by Gasteiger charge is -2.41. The highest BCUT2D eigenvalue weighted by Crippen LogP contribution is 2.22. The van der Waals surface area contributed by atoms with E-state index in [0.717, 1.165) is 51.9 Å². The number of rotatable bonds is 3. The van der Waals surface area contributed by atoms with Crippen molar-refractivity contribution < 1.29 is 9.53 Å². The summed E-state index contributed by atoms with van der Waals surface area (Å²) in [6, 6.07) is 0.675. The fourth-order valence-electron chi connectivity index (χ4n) is 3.29. The summed E-state index contributed by atoms with van der Waals surface area (Å²) in [6.07, 6.45) is 5.04. The molecule has 0 bridgehead atoms. The lowest BCUT2D eigenvalue weighted by atomic mass is 9.98. The van der Waals surface area contributed by atoms with Gasteiger partial charge < -0.3 is 14.5 Å². The number of carbonyl (C=O) groups is 1. The maximum absolute atomic E-state index is 12.0. The van der Waals surface area contributed by atoms with Gasteiger partial charge in [-0.1, -0.05) is 13.8 Å². The first-order valence-corrected chi connectivity index (χ1v) is 7.67. The summed E-state index contributed by atoms with van der Waals surface area (Å²) in [5.41, 5.74) is 0. The van der Waals surface area contributed by atoms with Gasteiger partial charge in [0.1, 0.15) is 0 Å². The number of hydrogen-bond acceptors (Lipinski definition) is 3. The SMILES string of the molecule is COC1CCN(C2CCN(C(=O)C(C)C)CC2)CC1. The van der Waals surface area contributed by atoms with Gasteiger partial charge in [-0.3, -0.25) is 4.79 Å². The van der Waals surface area contributed by atoms with Gasteiger partial charge >= 0.3 is 0 Å². The molecule has 0 atom stereocenters. The first-order valence-electron chi connectivity index (χ1n) is 7.67. The molecule has 0 radical (unpaired) electrons. The molecule has 0 saturated carbocycles. The lowest BCUT2D eigenvalue weighted by Crippen LogP contribution is -2.50. The van der Waals surface area contributed by atoms with Crippen LogP contribution in [-0.4, -0.2) is 61.1 Å². The largest absolute Gasteiger partial charge is 0.381 e. The van der Waals surface area contributed by atoms with Crippen LogP contribution >= 0.6 is 0 Å². The second-order valence-electron chi connectivity index (χ2n) is 6.18. The smallest absolute Gasteiger partial charge is 0.225 e. The van der Waals surface area contributed by atoms with Crippen molar-refractivity contribution in [3.05, 3.63) is 0 Å². The minimum atomic E-state index is 0.133. The van der Waals surface area contributed by atoms with Crippen LogP contribution in [0.15, 0.2) is 0 Å². The van der Waals surface area contributed by atoms with Crippen LogP contribution in [0.1, 0.15) is 39.5 Å². The number of methoxy groups -OCH3 is 1. The number of likely N-dealkylation sites (tertiary alicyclic amines) is 2. The Hall–Kier alpha value is -0.610. The quantitative estimate of drug-likeness (QED) is 0.781. The molecule has 2 rings (SSSR count). The molecule has 0 spiro atoms. The van der Waals surface area contributed by atoms with E-state index < -0.39 is 0 Å². The number of hydrogen-bond donors (Lipinski definition) is 0. The highest BCUT2D eigenvalue weighted by atomic mass is 16.5. The topological polar surface area (TPSA) is 32.8 Å². The zero-order chi connectivity index (χ0) is 13.8. The Balaban J connectivity index is 1.76. The van der Waals surface area contributed by atoms with Crippen molar-refractivity contribution >= 4 is 5.91 Å². The first kappa shape index (κ1) is 14.8. The van der Waals surface area contributed by atoms with Crippen molar-refractivity contribution in [3.63, 3.8) is 0 Å². The highest BCUT2D eigenvalue weighted by Gasteiger charge is 2.29. The molecule has 1 amide bonds. The Morgan fingerprint density at radius 2 is 1.63 bits per heavy atom. The number of amides is 1. The third-order valence-electron chi connectivity index (χ3n) is 4.60. The molecule has 2 heterocycles. The number of carbonyl (C=O) groups excluding carboxylic acids is 1. The monoisotopic (exact) mass is 268 g/mol. The van der Waals surface area contributed by atoms with Crippen molar-refractivity contribution in [3.8, 4) is 0 Å². The molecule has 0 aromatic heterocycles. The van der Waals surface area contributed by atoms with Crippen LogP contribution in [0, 0.1) is 5.92 Å². The summed E-state index contributed by atoms with van der Waals surface area (Å²) in [5.74, 6) is 0.450. The van der Waals surface area contributed by atoms with E-state index in [1.54, 1.807) is 0 Å². The summed E-state index contributed by atoms with van der Waals surface area (Å²) in [4.78, 5) is 16.6. The first-order chi connectivity index (χ1) is 9.11. The minimum absolute atomic E-state index is 0.133. The lowest BCUT2D eigenvalue weighted by molar-refractivity contribution is -0.136. The summed E-state index contributed by atoms with van der Waals surface area (Å²) in [6.45, 7) is 8.16. The third kappa shape index (κ3) is 3.69. The number of piperidine rings is 2. The van der Waals surface area contributed by atoms with Crippen molar-refractivity contribution in [1.82, 2.24) is 9.80 Å². The molecule has 0 N–H and O–H groups in total. The Kier molecular flexibility index (Phi) is 5.22. The van der Waals surface area contributed by atoms with Crippen LogP contribution in [0.3, 0.4) is 0 Å². The number of ether oxygens (including phenoxy) is 1. The average molecular weight is 268 g/mol. The highest BCUT2D eigenvalue weighted by molar-refractivity contribution is 5.78. The molecule has 0 unspecified atom stereocenters. The van der Waals surface area contributed by atoms with Gasteiger partial charge in [0.2, 0.25) is 5.91 Å². The normalized spacial score (nSPS) is 24.1. The molecule has 2 fully saturated rings. The van der Waals surface area contributed by atoms with Crippen LogP contribution in [0.25, 0.3) is 0 Å². The second-order valence-corrected chi connectivity index (χ2v) is 6.18. The molecule has 4 heteroatoms. The fourth-order valence-corrected chi connectivity index (χ4v) is 3.29. The van der Waals surface area contributed by atoms with E-state index >= 15 is 0 Å². The molecule has 4 nitrogen and oxygen atoms in total. The van der Waals surface area contributed by atoms with Crippen LogP contribution < -0.4 is 0 Å². The Morgan fingerprint density at radius 1 is 1.05 bits per heavy atom. The molecule has 2 aliphatic heterocycles. The summed E-state index contributed by atoms with van der Waals surface area (Å²) < 4.78 is 5.42. The van der Waals surface area contributed by atoms with E-state index in [1.807, 2.05) is 25.9 Å².